The molecular weight excluding hydrogens is 415 g/mol. The number of aromatic nitrogens is 2. The predicted molar refractivity (Wildman–Crippen MR) is 110 cm³/mol. The number of halogens is 4. The summed E-state index contributed by atoms with van der Waals surface area (Å²) < 4.78 is 38.7. The molecule has 1 amide bonds. The van der Waals surface area contributed by atoms with Gasteiger partial charge < -0.3 is 5.32 Å². The molecule has 4 nitrogen and oxygen atoms in total. The minimum Gasteiger partial charge on any atom is -0.322 e. The van der Waals surface area contributed by atoms with Crippen molar-refractivity contribution in [2.24, 2.45) is 0 Å². The molecule has 0 aliphatic carbocycles. The van der Waals surface area contributed by atoms with Crippen molar-refractivity contribution >= 4 is 23.2 Å². The minimum absolute atomic E-state index is 0.0585. The molecule has 1 heterocycles. The molecule has 1 atom stereocenters. The zero-order valence-electron chi connectivity index (χ0n) is 16.3. The predicted octanol–water partition coefficient (Wildman–Crippen LogP) is 6.06. The zero-order valence-corrected chi connectivity index (χ0v) is 17.1. The molecule has 0 fully saturated rings. The van der Waals surface area contributed by atoms with Gasteiger partial charge in [-0.1, -0.05) is 30.7 Å². The third-order valence-corrected chi connectivity index (χ3v) is 4.87. The van der Waals surface area contributed by atoms with Gasteiger partial charge in [0.2, 0.25) is 0 Å². The number of benzene rings is 2. The van der Waals surface area contributed by atoms with E-state index in [9.17, 15) is 18.0 Å². The van der Waals surface area contributed by atoms with Crippen molar-refractivity contribution < 1.29 is 18.0 Å². The van der Waals surface area contributed by atoms with Crippen molar-refractivity contribution in [2.75, 3.05) is 5.32 Å². The number of nitrogens with one attached hydrogen (secondary N) is 1. The third-order valence-electron chi connectivity index (χ3n) is 4.69. The van der Waals surface area contributed by atoms with Crippen molar-refractivity contribution in [1.82, 2.24) is 9.97 Å². The Morgan fingerprint density at radius 2 is 1.93 bits per heavy atom. The Hall–Kier alpha value is -2.93. The summed E-state index contributed by atoms with van der Waals surface area (Å²) in [4.78, 5) is 20.8. The van der Waals surface area contributed by atoms with Crippen LogP contribution in [0.5, 0.6) is 0 Å². The first kappa shape index (κ1) is 21.8. The molecule has 156 valence electrons. The Morgan fingerprint density at radius 1 is 1.17 bits per heavy atom. The smallest absolute Gasteiger partial charge is 0.322 e. The van der Waals surface area contributed by atoms with Gasteiger partial charge in [-0.15, -0.1) is 0 Å². The van der Waals surface area contributed by atoms with E-state index in [-0.39, 0.29) is 11.5 Å². The summed E-state index contributed by atoms with van der Waals surface area (Å²) in [6, 6.07) is 9.73. The van der Waals surface area contributed by atoms with Crippen LogP contribution in [-0.2, 0) is 12.6 Å². The van der Waals surface area contributed by atoms with Crippen LogP contribution in [0.4, 0.5) is 18.9 Å². The van der Waals surface area contributed by atoms with Gasteiger partial charge in [0.25, 0.3) is 5.91 Å². The van der Waals surface area contributed by atoms with E-state index >= 15 is 0 Å². The van der Waals surface area contributed by atoms with Crippen LogP contribution in [-0.4, -0.2) is 15.9 Å². The van der Waals surface area contributed by atoms with E-state index in [0.29, 0.717) is 17.3 Å². The quantitative estimate of drug-likeness (QED) is 0.532. The second-order valence-corrected chi connectivity index (χ2v) is 7.43. The lowest BCUT2D eigenvalue weighted by Gasteiger charge is -2.16. The summed E-state index contributed by atoms with van der Waals surface area (Å²) in [6.45, 7) is 3.97. The Morgan fingerprint density at radius 3 is 2.63 bits per heavy atom. The standard InChI is InChI=1S/C22H19ClF3N3O/c1-13-6-7-17(10-19(13)14(2)8-18-11-27-12-20(23)28-18)29-21(30)15-4-3-5-16(9-15)22(24,25)26/h3-7,9-12,14H,8H2,1-2H3,(H,29,30)/t14-/m1/s1. The fourth-order valence-corrected chi connectivity index (χ4v) is 3.36. The van der Waals surface area contributed by atoms with E-state index in [4.69, 9.17) is 11.6 Å². The van der Waals surface area contributed by atoms with Gasteiger partial charge in [-0.3, -0.25) is 9.78 Å². The minimum atomic E-state index is -4.51. The van der Waals surface area contributed by atoms with Crippen molar-refractivity contribution in [3.63, 3.8) is 0 Å². The first-order valence-corrected chi connectivity index (χ1v) is 9.57. The molecule has 0 unspecified atom stereocenters. The topological polar surface area (TPSA) is 54.9 Å². The number of carbonyl (C=O) groups excluding carboxylic acids is 1. The highest BCUT2D eigenvalue weighted by Crippen LogP contribution is 2.30. The monoisotopic (exact) mass is 433 g/mol. The lowest BCUT2D eigenvalue weighted by atomic mass is 9.92. The molecule has 2 aromatic carbocycles. The Bertz CT molecular complexity index is 1070. The number of alkyl halides is 3. The fourth-order valence-electron chi connectivity index (χ4n) is 3.19. The van der Waals surface area contributed by atoms with Gasteiger partial charge in [-0.25, -0.2) is 4.98 Å². The van der Waals surface area contributed by atoms with Gasteiger partial charge in [-0.2, -0.15) is 13.2 Å². The molecule has 8 heteroatoms. The molecule has 3 rings (SSSR count). The second kappa shape index (κ2) is 8.83. The summed E-state index contributed by atoms with van der Waals surface area (Å²) in [7, 11) is 0. The van der Waals surface area contributed by atoms with Gasteiger partial charge in [-0.05, 0) is 60.7 Å². The zero-order chi connectivity index (χ0) is 21.9. The first-order chi connectivity index (χ1) is 14.1. The highest BCUT2D eigenvalue weighted by molar-refractivity contribution is 6.29. The lowest BCUT2D eigenvalue weighted by Crippen LogP contribution is -2.14. The van der Waals surface area contributed by atoms with Crippen LogP contribution in [0.2, 0.25) is 5.15 Å². The fraction of sp³-hybridized carbons (Fsp3) is 0.227. The summed E-state index contributed by atoms with van der Waals surface area (Å²) in [5, 5.41) is 3.00. The second-order valence-electron chi connectivity index (χ2n) is 7.04. The molecule has 0 radical (unpaired) electrons. The van der Waals surface area contributed by atoms with E-state index in [0.717, 1.165) is 29.0 Å². The van der Waals surface area contributed by atoms with E-state index in [1.54, 1.807) is 12.3 Å². The SMILES string of the molecule is Cc1ccc(NC(=O)c2cccc(C(F)(F)F)c2)cc1[C@H](C)Cc1cncc(Cl)n1. The number of hydrogen-bond acceptors (Lipinski definition) is 3. The van der Waals surface area contributed by atoms with Crippen LogP contribution >= 0.6 is 11.6 Å². The highest BCUT2D eigenvalue weighted by atomic mass is 35.5. The van der Waals surface area contributed by atoms with E-state index in [2.05, 4.69) is 15.3 Å². The van der Waals surface area contributed by atoms with Crippen molar-refractivity contribution in [2.45, 2.75) is 32.4 Å². The summed E-state index contributed by atoms with van der Waals surface area (Å²) in [5.74, 6) is -0.549. The first-order valence-electron chi connectivity index (χ1n) is 9.19. The third kappa shape index (κ3) is 5.36. The van der Waals surface area contributed by atoms with Crippen LogP contribution in [0.1, 0.15) is 45.6 Å². The Balaban J connectivity index is 1.79. The number of rotatable bonds is 5. The van der Waals surface area contributed by atoms with Gasteiger partial charge in [0.05, 0.1) is 17.5 Å². The van der Waals surface area contributed by atoms with Crippen LogP contribution in [0.15, 0.2) is 54.9 Å². The maximum absolute atomic E-state index is 12.9. The summed E-state index contributed by atoms with van der Waals surface area (Å²) >= 11 is 5.89. The molecule has 3 aromatic rings. The molecule has 0 aliphatic heterocycles. The number of hydrogen-bond donors (Lipinski definition) is 1. The number of anilines is 1. The summed E-state index contributed by atoms with van der Waals surface area (Å²) in [6.07, 6.45) is -0.798. The van der Waals surface area contributed by atoms with Crippen LogP contribution < -0.4 is 5.32 Å². The molecule has 0 spiro atoms. The molecule has 1 N–H and O–H groups in total. The molecular formula is C22H19ClF3N3O. The van der Waals surface area contributed by atoms with Gasteiger partial charge >= 0.3 is 6.18 Å². The largest absolute Gasteiger partial charge is 0.416 e. The molecule has 30 heavy (non-hydrogen) atoms. The number of aryl methyl sites for hydroxylation is 1. The molecule has 0 aliphatic rings. The molecule has 1 aromatic heterocycles. The van der Waals surface area contributed by atoms with E-state index in [1.165, 1.54) is 18.3 Å². The van der Waals surface area contributed by atoms with Crippen molar-refractivity contribution in [3.8, 4) is 0 Å². The van der Waals surface area contributed by atoms with Crippen molar-refractivity contribution in [3.05, 3.63) is 88.0 Å². The van der Waals surface area contributed by atoms with Crippen LogP contribution in [0, 0.1) is 6.92 Å². The maximum atomic E-state index is 12.9. The average molecular weight is 434 g/mol. The summed E-state index contributed by atoms with van der Waals surface area (Å²) in [5.41, 5.74) is 2.33. The Kier molecular flexibility index (Phi) is 6.41. The molecule has 0 saturated heterocycles. The normalized spacial score (nSPS) is 12.5. The Labute approximate surface area is 177 Å². The van der Waals surface area contributed by atoms with E-state index in [1.807, 2.05) is 26.0 Å². The lowest BCUT2D eigenvalue weighted by molar-refractivity contribution is -0.137. The van der Waals surface area contributed by atoms with Crippen molar-refractivity contribution in [1.29, 1.82) is 0 Å². The maximum Gasteiger partial charge on any atom is 0.416 e. The number of amides is 1. The number of nitrogens with zero attached hydrogens (tertiary/aromatic N) is 2. The average Bonchev–Trinajstić information content (AvgIpc) is 2.69. The molecule has 0 saturated carbocycles. The van der Waals surface area contributed by atoms with Gasteiger partial charge in [0, 0.05) is 17.4 Å². The van der Waals surface area contributed by atoms with Gasteiger partial charge in [0.1, 0.15) is 5.15 Å². The van der Waals surface area contributed by atoms with Crippen LogP contribution in [0.3, 0.4) is 0 Å². The molecule has 0 bridgehead atoms. The highest BCUT2D eigenvalue weighted by Gasteiger charge is 2.30. The van der Waals surface area contributed by atoms with Gasteiger partial charge in [0.15, 0.2) is 0 Å². The van der Waals surface area contributed by atoms with E-state index < -0.39 is 17.6 Å². The number of carbonyl (C=O) groups is 1. The van der Waals surface area contributed by atoms with Crippen LogP contribution in [0.25, 0.3) is 0 Å².